The lowest BCUT2D eigenvalue weighted by Gasteiger charge is -2.28. The molecule has 0 aliphatic rings. The Morgan fingerprint density at radius 3 is 2.37 bits per heavy atom. The molecule has 102 valence electrons. The second-order valence-corrected chi connectivity index (χ2v) is 6.18. The van der Waals surface area contributed by atoms with Gasteiger partial charge in [0.2, 0.25) is 0 Å². The predicted octanol–water partition coefficient (Wildman–Crippen LogP) is 4.92. The van der Waals surface area contributed by atoms with E-state index < -0.39 is 6.10 Å². The van der Waals surface area contributed by atoms with Crippen molar-refractivity contribution in [1.29, 1.82) is 0 Å². The van der Waals surface area contributed by atoms with Crippen LogP contribution in [-0.4, -0.2) is 5.11 Å². The number of rotatable bonds is 5. The van der Waals surface area contributed by atoms with Crippen LogP contribution in [0, 0.1) is 12.8 Å². The second-order valence-electron chi connectivity index (χ2n) is 5.23. The zero-order chi connectivity index (χ0) is 13.8. The number of aryl methyl sites for hydroxylation is 1. The minimum absolute atomic E-state index is 0.170. The molecule has 2 aromatic rings. The molecule has 1 aromatic carbocycles. The van der Waals surface area contributed by atoms with Crippen molar-refractivity contribution >= 4 is 11.3 Å². The van der Waals surface area contributed by atoms with Gasteiger partial charge < -0.3 is 5.11 Å². The van der Waals surface area contributed by atoms with Gasteiger partial charge in [-0.1, -0.05) is 50.6 Å². The molecule has 1 nitrogen and oxygen atoms in total. The average molecular weight is 274 g/mol. The van der Waals surface area contributed by atoms with Gasteiger partial charge >= 0.3 is 0 Å². The highest BCUT2D eigenvalue weighted by atomic mass is 32.1. The fourth-order valence-electron chi connectivity index (χ4n) is 2.60. The molecule has 19 heavy (non-hydrogen) atoms. The molecular weight excluding hydrogens is 252 g/mol. The molecule has 2 heteroatoms. The fourth-order valence-corrected chi connectivity index (χ4v) is 3.56. The van der Waals surface area contributed by atoms with Crippen LogP contribution < -0.4 is 0 Å². The Labute approximate surface area is 119 Å². The van der Waals surface area contributed by atoms with Crippen LogP contribution >= 0.6 is 11.3 Å². The Bertz CT molecular complexity index is 503. The quantitative estimate of drug-likeness (QED) is 0.820. The Morgan fingerprint density at radius 1 is 1.16 bits per heavy atom. The van der Waals surface area contributed by atoms with Crippen LogP contribution in [0.2, 0.25) is 0 Å². The van der Waals surface area contributed by atoms with E-state index in [9.17, 15) is 5.11 Å². The van der Waals surface area contributed by atoms with E-state index in [1.165, 1.54) is 11.1 Å². The van der Waals surface area contributed by atoms with Crippen molar-refractivity contribution in [3.63, 3.8) is 0 Å². The molecular formula is C17H22OS. The first kappa shape index (κ1) is 14.3. The summed E-state index contributed by atoms with van der Waals surface area (Å²) >= 11 is 1.66. The van der Waals surface area contributed by atoms with E-state index in [-0.39, 0.29) is 5.92 Å². The van der Waals surface area contributed by atoms with E-state index in [0.717, 1.165) is 11.3 Å². The van der Waals surface area contributed by atoms with Crippen molar-refractivity contribution in [3.8, 4) is 0 Å². The summed E-state index contributed by atoms with van der Waals surface area (Å²) in [5.41, 5.74) is 2.43. The molecule has 3 atom stereocenters. The maximum atomic E-state index is 10.8. The first-order chi connectivity index (χ1) is 9.15. The first-order valence-corrected chi connectivity index (χ1v) is 7.80. The summed E-state index contributed by atoms with van der Waals surface area (Å²) in [5, 5.41) is 12.9. The number of benzene rings is 1. The normalized spacial score (nSPS) is 16.0. The van der Waals surface area contributed by atoms with Crippen molar-refractivity contribution in [1.82, 2.24) is 0 Å². The lowest BCUT2D eigenvalue weighted by atomic mass is 9.80. The van der Waals surface area contributed by atoms with Crippen molar-refractivity contribution in [2.24, 2.45) is 5.92 Å². The van der Waals surface area contributed by atoms with Gasteiger partial charge in [0.15, 0.2) is 0 Å². The van der Waals surface area contributed by atoms with Gasteiger partial charge in [-0.25, -0.2) is 0 Å². The number of thiophene rings is 1. The molecule has 0 fully saturated rings. The Morgan fingerprint density at radius 2 is 1.84 bits per heavy atom. The third kappa shape index (κ3) is 3.07. The van der Waals surface area contributed by atoms with Crippen LogP contribution in [0.4, 0.5) is 0 Å². The molecule has 1 aromatic heterocycles. The standard InChI is InChI=1S/C17H22OS/c1-4-12(2)15(14-8-6-5-7-9-14)16(18)17-13(3)10-11-19-17/h5-12,15-16,18H,4H2,1-3H3. The topological polar surface area (TPSA) is 20.2 Å². The van der Waals surface area contributed by atoms with Crippen molar-refractivity contribution in [2.75, 3.05) is 0 Å². The van der Waals surface area contributed by atoms with E-state index >= 15 is 0 Å². The number of hydrogen-bond donors (Lipinski definition) is 1. The summed E-state index contributed by atoms with van der Waals surface area (Å²) in [5.74, 6) is 0.627. The molecule has 1 N–H and O–H groups in total. The maximum absolute atomic E-state index is 10.8. The van der Waals surface area contributed by atoms with Crippen molar-refractivity contribution < 1.29 is 5.11 Å². The first-order valence-electron chi connectivity index (χ1n) is 6.92. The number of aliphatic hydroxyl groups excluding tert-OH is 1. The van der Waals surface area contributed by atoms with Crippen LogP contribution in [0.25, 0.3) is 0 Å². The lowest BCUT2D eigenvalue weighted by molar-refractivity contribution is 0.121. The summed E-state index contributed by atoms with van der Waals surface area (Å²) in [6, 6.07) is 12.5. The predicted molar refractivity (Wildman–Crippen MR) is 82.7 cm³/mol. The van der Waals surface area contributed by atoms with Gasteiger partial charge in [-0.05, 0) is 35.4 Å². The van der Waals surface area contributed by atoms with Crippen LogP contribution in [0.3, 0.4) is 0 Å². The summed E-state index contributed by atoms with van der Waals surface area (Å²) in [4.78, 5) is 1.11. The van der Waals surface area contributed by atoms with Gasteiger partial charge in [-0.15, -0.1) is 11.3 Å². The van der Waals surface area contributed by atoms with E-state index in [4.69, 9.17) is 0 Å². The fraction of sp³-hybridized carbons (Fsp3) is 0.412. The molecule has 0 aliphatic heterocycles. The molecule has 1 heterocycles. The van der Waals surface area contributed by atoms with Gasteiger partial charge in [-0.2, -0.15) is 0 Å². The minimum atomic E-state index is -0.405. The van der Waals surface area contributed by atoms with Gasteiger partial charge in [0.25, 0.3) is 0 Å². The van der Waals surface area contributed by atoms with Gasteiger partial charge in [0, 0.05) is 10.8 Å². The van der Waals surface area contributed by atoms with E-state index in [0.29, 0.717) is 5.92 Å². The average Bonchev–Trinajstić information content (AvgIpc) is 2.86. The summed E-state index contributed by atoms with van der Waals surface area (Å²) in [6.45, 7) is 6.49. The summed E-state index contributed by atoms with van der Waals surface area (Å²) in [7, 11) is 0. The van der Waals surface area contributed by atoms with E-state index in [1.54, 1.807) is 11.3 Å². The van der Waals surface area contributed by atoms with Crippen LogP contribution in [0.5, 0.6) is 0 Å². The third-order valence-electron chi connectivity index (χ3n) is 3.95. The highest BCUT2D eigenvalue weighted by Gasteiger charge is 2.28. The Kier molecular flexibility index (Phi) is 4.78. The molecule has 3 unspecified atom stereocenters. The van der Waals surface area contributed by atoms with Crippen molar-refractivity contribution in [3.05, 3.63) is 57.8 Å². The van der Waals surface area contributed by atoms with Gasteiger partial charge in [-0.3, -0.25) is 0 Å². The number of aliphatic hydroxyl groups is 1. The lowest BCUT2D eigenvalue weighted by Crippen LogP contribution is -2.18. The molecule has 0 spiro atoms. The summed E-state index contributed by atoms with van der Waals surface area (Å²) < 4.78 is 0. The maximum Gasteiger partial charge on any atom is 0.0955 e. The van der Waals surface area contributed by atoms with Crippen LogP contribution in [-0.2, 0) is 0 Å². The molecule has 0 amide bonds. The van der Waals surface area contributed by atoms with Crippen LogP contribution in [0.15, 0.2) is 41.8 Å². The zero-order valence-electron chi connectivity index (χ0n) is 11.8. The SMILES string of the molecule is CCC(C)C(c1ccccc1)C(O)c1sccc1C. The minimum Gasteiger partial charge on any atom is -0.387 e. The third-order valence-corrected chi connectivity index (χ3v) is 5.04. The number of hydrogen-bond acceptors (Lipinski definition) is 2. The van der Waals surface area contributed by atoms with Gasteiger partial charge in [0.05, 0.1) is 6.10 Å². The molecule has 2 rings (SSSR count). The molecule has 0 saturated carbocycles. The smallest absolute Gasteiger partial charge is 0.0955 e. The molecule has 0 bridgehead atoms. The Hall–Kier alpha value is -1.12. The molecule has 0 radical (unpaired) electrons. The van der Waals surface area contributed by atoms with E-state index in [2.05, 4.69) is 56.5 Å². The molecule has 0 saturated heterocycles. The zero-order valence-corrected chi connectivity index (χ0v) is 12.7. The van der Waals surface area contributed by atoms with E-state index in [1.807, 2.05) is 6.07 Å². The largest absolute Gasteiger partial charge is 0.387 e. The van der Waals surface area contributed by atoms with Crippen molar-refractivity contribution in [2.45, 2.75) is 39.2 Å². The Balaban J connectivity index is 2.36. The highest BCUT2D eigenvalue weighted by Crippen LogP contribution is 2.40. The summed E-state index contributed by atoms with van der Waals surface area (Å²) in [6.07, 6.45) is 0.665. The van der Waals surface area contributed by atoms with Crippen LogP contribution in [0.1, 0.15) is 48.3 Å². The van der Waals surface area contributed by atoms with Gasteiger partial charge in [0.1, 0.15) is 0 Å². The monoisotopic (exact) mass is 274 g/mol. The highest BCUT2D eigenvalue weighted by molar-refractivity contribution is 7.10. The molecule has 0 aliphatic carbocycles. The second kappa shape index (κ2) is 6.36.